The van der Waals surface area contributed by atoms with Crippen LogP contribution in [0, 0.1) is 0 Å². The number of carbonyl (C=O) groups is 2. The van der Waals surface area contributed by atoms with Crippen LogP contribution in [0.1, 0.15) is 354 Å². The number of esters is 1. The Bertz CT molecular complexity index is 1110. The Labute approximate surface area is 443 Å². The largest absolute Gasteiger partial charge is 0.466 e. The first-order valence-corrected chi connectivity index (χ1v) is 32.1. The van der Waals surface area contributed by atoms with Gasteiger partial charge in [0.25, 0.3) is 0 Å². The number of rotatable bonds is 60. The maximum atomic E-state index is 12.5. The Hall–Kier alpha value is -1.66. The van der Waals surface area contributed by atoms with Gasteiger partial charge >= 0.3 is 5.97 Å². The van der Waals surface area contributed by atoms with Crippen LogP contribution in [0.15, 0.2) is 24.3 Å². The van der Waals surface area contributed by atoms with E-state index in [1.807, 2.05) is 6.08 Å². The second-order valence-corrected chi connectivity index (χ2v) is 22.1. The molecular formula is C65H125NO5. The van der Waals surface area contributed by atoms with E-state index in [2.05, 4.69) is 31.3 Å². The van der Waals surface area contributed by atoms with Crippen LogP contribution in [-0.4, -0.2) is 47.4 Å². The van der Waals surface area contributed by atoms with Crippen molar-refractivity contribution in [3.63, 3.8) is 0 Å². The van der Waals surface area contributed by atoms with Gasteiger partial charge in [-0.15, -0.1) is 0 Å². The number of aliphatic hydroxyl groups is 2. The molecule has 71 heavy (non-hydrogen) atoms. The van der Waals surface area contributed by atoms with Gasteiger partial charge < -0.3 is 20.3 Å². The topological polar surface area (TPSA) is 95.9 Å². The first kappa shape index (κ1) is 69.3. The van der Waals surface area contributed by atoms with E-state index in [4.69, 9.17) is 4.74 Å². The highest BCUT2D eigenvalue weighted by atomic mass is 16.5. The van der Waals surface area contributed by atoms with E-state index in [0.29, 0.717) is 19.4 Å². The molecule has 2 atom stereocenters. The van der Waals surface area contributed by atoms with Crippen LogP contribution in [0.2, 0.25) is 0 Å². The van der Waals surface area contributed by atoms with Gasteiger partial charge in [-0.25, -0.2) is 0 Å². The lowest BCUT2D eigenvalue weighted by molar-refractivity contribution is -0.143. The van der Waals surface area contributed by atoms with Gasteiger partial charge in [-0.05, 0) is 57.8 Å². The number of allylic oxidation sites excluding steroid dienone is 3. The highest BCUT2D eigenvalue weighted by Crippen LogP contribution is 2.18. The predicted molar refractivity (Wildman–Crippen MR) is 310 cm³/mol. The minimum atomic E-state index is -0.847. The molecule has 3 N–H and O–H groups in total. The minimum Gasteiger partial charge on any atom is -0.466 e. The van der Waals surface area contributed by atoms with E-state index in [1.165, 1.54) is 283 Å². The SMILES string of the molecule is CCCCCCCCCCCCCC/C=C/C(O)C(CO)NC(=O)CCCCCCCCC/C=C\CCCCCCCCCCCCCCOC(=O)CCCCCCCCCCCCCCCCCCC. The second-order valence-electron chi connectivity index (χ2n) is 22.1. The van der Waals surface area contributed by atoms with E-state index < -0.39 is 12.1 Å². The molecule has 1 amide bonds. The molecule has 2 unspecified atom stereocenters. The number of unbranched alkanes of at least 4 members (excludes halogenated alkanes) is 47. The third-order valence-electron chi connectivity index (χ3n) is 15.0. The van der Waals surface area contributed by atoms with E-state index in [-0.39, 0.29) is 18.5 Å². The monoisotopic (exact) mass is 1000 g/mol. The fourth-order valence-electron chi connectivity index (χ4n) is 10.0. The standard InChI is InChI=1S/C65H125NO5/c1-3-5-7-9-11-13-15-17-19-27-31-35-39-43-47-51-55-59-65(70)71-60-56-52-48-44-40-36-32-29-26-24-22-20-21-23-25-28-30-34-38-42-46-50-54-58-64(69)66-62(61-67)63(68)57-53-49-45-41-37-33-18-16-14-12-10-8-6-4-2/h23,25,53,57,62-63,67-68H,3-22,24,26-52,54-56,58-61H2,1-2H3,(H,66,69)/b25-23-,57-53+. The maximum Gasteiger partial charge on any atom is 0.305 e. The van der Waals surface area contributed by atoms with Crippen LogP contribution in [0.3, 0.4) is 0 Å². The van der Waals surface area contributed by atoms with Gasteiger partial charge in [-0.3, -0.25) is 9.59 Å². The summed E-state index contributed by atoms with van der Waals surface area (Å²) in [6.45, 7) is 4.92. The zero-order valence-corrected chi connectivity index (χ0v) is 48.0. The summed E-state index contributed by atoms with van der Waals surface area (Å²) in [6.07, 6.45) is 75.1. The predicted octanol–water partition coefficient (Wildman–Crippen LogP) is 20.2. The maximum absolute atomic E-state index is 12.5. The quantitative estimate of drug-likeness (QED) is 0.0320. The van der Waals surface area contributed by atoms with Gasteiger partial charge in [0.15, 0.2) is 0 Å². The van der Waals surface area contributed by atoms with Gasteiger partial charge in [0.2, 0.25) is 5.91 Å². The van der Waals surface area contributed by atoms with Crippen molar-refractivity contribution >= 4 is 11.9 Å². The summed E-state index contributed by atoms with van der Waals surface area (Å²) in [7, 11) is 0. The average Bonchev–Trinajstić information content (AvgIpc) is 3.37. The zero-order valence-electron chi connectivity index (χ0n) is 48.0. The Morgan fingerprint density at radius 1 is 0.380 bits per heavy atom. The molecule has 0 aromatic rings. The molecule has 0 rings (SSSR count). The fourth-order valence-corrected chi connectivity index (χ4v) is 10.0. The Morgan fingerprint density at radius 3 is 1.00 bits per heavy atom. The van der Waals surface area contributed by atoms with E-state index in [9.17, 15) is 19.8 Å². The fraction of sp³-hybridized carbons (Fsp3) is 0.908. The van der Waals surface area contributed by atoms with Crippen LogP contribution < -0.4 is 5.32 Å². The first-order chi connectivity index (χ1) is 35.0. The minimum absolute atomic E-state index is 0.0153. The number of hydrogen-bond donors (Lipinski definition) is 3. The van der Waals surface area contributed by atoms with Crippen LogP contribution in [0.4, 0.5) is 0 Å². The van der Waals surface area contributed by atoms with Crippen molar-refractivity contribution in [2.45, 2.75) is 366 Å². The summed E-state index contributed by atoms with van der Waals surface area (Å²) < 4.78 is 5.50. The average molecular weight is 1000 g/mol. The van der Waals surface area contributed by atoms with E-state index in [1.54, 1.807) is 6.08 Å². The molecule has 0 aliphatic rings. The molecule has 6 nitrogen and oxygen atoms in total. The van der Waals surface area contributed by atoms with E-state index >= 15 is 0 Å². The lowest BCUT2D eigenvalue weighted by Crippen LogP contribution is -2.45. The van der Waals surface area contributed by atoms with Gasteiger partial charge in [-0.1, -0.05) is 308 Å². The molecule has 0 aliphatic heterocycles. The number of nitrogens with one attached hydrogen (secondary N) is 1. The number of amides is 1. The van der Waals surface area contributed by atoms with Crippen molar-refractivity contribution in [2.24, 2.45) is 0 Å². The Balaban J connectivity index is 3.40. The van der Waals surface area contributed by atoms with Crippen molar-refractivity contribution in [3.05, 3.63) is 24.3 Å². The molecule has 6 heteroatoms. The zero-order chi connectivity index (χ0) is 51.4. The van der Waals surface area contributed by atoms with Crippen molar-refractivity contribution in [2.75, 3.05) is 13.2 Å². The summed E-state index contributed by atoms with van der Waals surface area (Å²) in [5.74, 6) is -0.0576. The van der Waals surface area contributed by atoms with Gasteiger partial charge in [0.05, 0.1) is 25.4 Å². The van der Waals surface area contributed by atoms with Crippen molar-refractivity contribution in [3.8, 4) is 0 Å². The molecule has 0 aliphatic carbocycles. The number of ether oxygens (including phenoxy) is 1. The Kier molecular flexibility index (Phi) is 59.5. The van der Waals surface area contributed by atoms with Gasteiger partial charge in [0.1, 0.15) is 0 Å². The molecule has 0 heterocycles. The molecule has 0 saturated carbocycles. The van der Waals surface area contributed by atoms with Crippen LogP contribution >= 0.6 is 0 Å². The van der Waals surface area contributed by atoms with Gasteiger partial charge in [0, 0.05) is 12.8 Å². The lowest BCUT2D eigenvalue weighted by Gasteiger charge is -2.20. The molecule has 0 aromatic carbocycles. The second kappa shape index (κ2) is 60.9. The smallest absolute Gasteiger partial charge is 0.305 e. The highest BCUT2D eigenvalue weighted by Gasteiger charge is 2.18. The molecule has 0 fully saturated rings. The molecule has 0 radical (unpaired) electrons. The van der Waals surface area contributed by atoms with Crippen molar-refractivity contribution < 1.29 is 24.5 Å². The summed E-state index contributed by atoms with van der Waals surface area (Å²) in [5.41, 5.74) is 0. The Morgan fingerprint density at radius 2 is 0.662 bits per heavy atom. The van der Waals surface area contributed by atoms with Gasteiger partial charge in [-0.2, -0.15) is 0 Å². The third-order valence-corrected chi connectivity index (χ3v) is 15.0. The van der Waals surface area contributed by atoms with Crippen molar-refractivity contribution in [1.29, 1.82) is 0 Å². The molecule has 0 spiro atoms. The van der Waals surface area contributed by atoms with Crippen molar-refractivity contribution in [1.82, 2.24) is 5.32 Å². The normalized spacial score (nSPS) is 12.7. The molecule has 0 aromatic heterocycles. The first-order valence-electron chi connectivity index (χ1n) is 32.1. The molecular weight excluding hydrogens is 875 g/mol. The molecule has 0 saturated heterocycles. The summed E-state index contributed by atoms with van der Waals surface area (Å²) in [5, 5.41) is 23.1. The summed E-state index contributed by atoms with van der Waals surface area (Å²) in [4.78, 5) is 24.5. The van der Waals surface area contributed by atoms with Crippen LogP contribution in [-0.2, 0) is 14.3 Å². The summed E-state index contributed by atoms with van der Waals surface area (Å²) >= 11 is 0. The molecule has 0 bridgehead atoms. The third kappa shape index (κ3) is 57.5. The lowest BCUT2D eigenvalue weighted by atomic mass is 10.0. The van der Waals surface area contributed by atoms with Crippen LogP contribution in [0.5, 0.6) is 0 Å². The number of carbonyl (C=O) groups excluding carboxylic acids is 2. The number of aliphatic hydroxyl groups excluding tert-OH is 2. The highest BCUT2D eigenvalue weighted by molar-refractivity contribution is 5.76. The van der Waals surface area contributed by atoms with E-state index in [0.717, 1.165) is 44.9 Å². The summed E-state index contributed by atoms with van der Waals surface area (Å²) in [6, 6.07) is -0.632. The number of hydrogen-bond acceptors (Lipinski definition) is 5. The van der Waals surface area contributed by atoms with Crippen LogP contribution in [0.25, 0.3) is 0 Å². The molecule has 420 valence electrons.